The third-order valence-corrected chi connectivity index (χ3v) is 4.14. The fraction of sp³-hybridized carbons (Fsp3) is 0.600. The van der Waals surface area contributed by atoms with Gasteiger partial charge in [0, 0.05) is 17.1 Å². The summed E-state index contributed by atoms with van der Waals surface area (Å²) in [5.74, 6) is 1.19. The lowest BCUT2D eigenvalue weighted by molar-refractivity contribution is 0.338. The Hall–Kier alpha value is -0.440. The SMILES string of the molecule is CCOc1cc(Cl)c(C(NC)C(CC)CC)cc1Cl. The maximum Gasteiger partial charge on any atom is 0.139 e. The summed E-state index contributed by atoms with van der Waals surface area (Å²) in [6.45, 7) is 6.90. The molecule has 0 radical (unpaired) electrons. The molecule has 0 amide bonds. The molecule has 1 aromatic rings. The molecule has 108 valence electrons. The Kier molecular flexibility index (Phi) is 6.98. The minimum atomic E-state index is 0.218. The summed E-state index contributed by atoms with van der Waals surface area (Å²) >= 11 is 12.7. The van der Waals surface area contributed by atoms with Crippen molar-refractivity contribution in [1.29, 1.82) is 0 Å². The lowest BCUT2D eigenvalue weighted by Crippen LogP contribution is -2.25. The Morgan fingerprint density at radius 3 is 2.21 bits per heavy atom. The fourth-order valence-corrected chi connectivity index (χ4v) is 2.95. The van der Waals surface area contributed by atoms with Gasteiger partial charge in [0.05, 0.1) is 11.6 Å². The lowest BCUT2D eigenvalue weighted by Gasteiger charge is -2.26. The molecule has 0 spiro atoms. The van der Waals surface area contributed by atoms with E-state index < -0.39 is 0 Å². The number of nitrogens with one attached hydrogen (secondary N) is 1. The van der Waals surface area contributed by atoms with E-state index in [9.17, 15) is 0 Å². The molecular weight excluding hydrogens is 281 g/mol. The molecule has 0 saturated carbocycles. The fourth-order valence-electron chi connectivity index (χ4n) is 2.45. The standard InChI is InChI=1S/C15H23Cl2NO/c1-5-10(6-2)15(18-4)11-8-13(17)14(19-7-3)9-12(11)16/h8-10,15,18H,5-7H2,1-4H3. The summed E-state index contributed by atoms with van der Waals surface area (Å²) in [5, 5.41) is 4.68. The highest BCUT2D eigenvalue weighted by Gasteiger charge is 2.22. The Labute approximate surface area is 126 Å². The van der Waals surface area contributed by atoms with Crippen molar-refractivity contribution in [2.24, 2.45) is 5.92 Å². The molecule has 1 rings (SSSR count). The molecule has 1 aromatic carbocycles. The van der Waals surface area contributed by atoms with Crippen molar-refractivity contribution in [3.63, 3.8) is 0 Å². The molecule has 0 aromatic heterocycles. The van der Waals surface area contributed by atoms with E-state index >= 15 is 0 Å². The average molecular weight is 304 g/mol. The van der Waals surface area contributed by atoms with Crippen LogP contribution in [0.5, 0.6) is 5.75 Å². The molecule has 1 atom stereocenters. The quantitative estimate of drug-likeness (QED) is 0.757. The molecule has 4 heteroatoms. The molecule has 0 heterocycles. The van der Waals surface area contributed by atoms with Gasteiger partial charge in [0.1, 0.15) is 5.75 Å². The van der Waals surface area contributed by atoms with E-state index in [1.807, 2.05) is 26.1 Å². The minimum Gasteiger partial charge on any atom is -0.492 e. The minimum absolute atomic E-state index is 0.218. The van der Waals surface area contributed by atoms with Crippen LogP contribution in [0, 0.1) is 5.92 Å². The predicted octanol–water partition coefficient (Wildman–Crippen LogP) is 5.09. The Bertz CT molecular complexity index is 405. The van der Waals surface area contributed by atoms with Crippen molar-refractivity contribution in [1.82, 2.24) is 5.32 Å². The first-order valence-corrected chi connectivity index (χ1v) is 7.63. The summed E-state index contributed by atoms with van der Waals surface area (Å²) in [7, 11) is 1.96. The van der Waals surface area contributed by atoms with Gasteiger partial charge in [0.2, 0.25) is 0 Å². The number of hydrogen-bond donors (Lipinski definition) is 1. The van der Waals surface area contributed by atoms with Crippen molar-refractivity contribution in [3.05, 3.63) is 27.7 Å². The normalized spacial score (nSPS) is 12.8. The lowest BCUT2D eigenvalue weighted by atomic mass is 9.89. The van der Waals surface area contributed by atoms with Gasteiger partial charge in [0.25, 0.3) is 0 Å². The molecular formula is C15H23Cl2NO. The van der Waals surface area contributed by atoms with Crippen LogP contribution in [0.3, 0.4) is 0 Å². The second kappa shape index (κ2) is 7.98. The maximum absolute atomic E-state index is 6.39. The highest BCUT2D eigenvalue weighted by molar-refractivity contribution is 6.34. The monoisotopic (exact) mass is 303 g/mol. The van der Waals surface area contributed by atoms with E-state index in [0.717, 1.165) is 18.4 Å². The van der Waals surface area contributed by atoms with Crippen LogP contribution in [0.4, 0.5) is 0 Å². The first-order chi connectivity index (χ1) is 9.08. The van der Waals surface area contributed by atoms with Crippen molar-refractivity contribution in [3.8, 4) is 5.75 Å². The smallest absolute Gasteiger partial charge is 0.139 e. The summed E-state index contributed by atoms with van der Waals surface area (Å²) in [5.41, 5.74) is 1.05. The van der Waals surface area contributed by atoms with Crippen LogP contribution in [-0.4, -0.2) is 13.7 Å². The topological polar surface area (TPSA) is 21.3 Å². The van der Waals surface area contributed by atoms with Gasteiger partial charge < -0.3 is 10.1 Å². The van der Waals surface area contributed by atoms with Crippen molar-refractivity contribution >= 4 is 23.2 Å². The van der Waals surface area contributed by atoms with Gasteiger partial charge in [0.15, 0.2) is 0 Å². The van der Waals surface area contributed by atoms with Crippen LogP contribution >= 0.6 is 23.2 Å². The molecule has 0 aliphatic heterocycles. The molecule has 1 N–H and O–H groups in total. The first kappa shape index (κ1) is 16.6. The van der Waals surface area contributed by atoms with Crippen LogP contribution < -0.4 is 10.1 Å². The maximum atomic E-state index is 6.39. The Morgan fingerprint density at radius 1 is 1.11 bits per heavy atom. The van der Waals surface area contributed by atoms with Crippen molar-refractivity contribution in [2.45, 2.75) is 39.7 Å². The van der Waals surface area contributed by atoms with E-state index in [4.69, 9.17) is 27.9 Å². The third-order valence-electron chi connectivity index (χ3n) is 3.52. The molecule has 0 bridgehead atoms. The van der Waals surface area contributed by atoms with Crippen LogP contribution in [0.25, 0.3) is 0 Å². The van der Waals surface area contributed by atoms with Gasteiger partial charge in [-0.15, -0.1) is 0 Å². The van der Waals surface area contributed by atoms with E-state index in [1.165, 1.54) is 0 Å². The zero-order valence-corrected chi connectivity index (χ0v) is 13.6. The van der Waals surface area contributed by atoms with E-state index in [2.05, 4.69) is 19.2 Å². The van der Waals surface area contributed by atoms with Crippen molar-refractivity contribution < 1.29 is 4.74 Å². The summed E-state index contributed by atoms with van der Waals surface area (Å²) in [4.78, 5) is 0. The molecule has 0 saturated heterocycles. The second-order valence-electron chi connectivity index (χ2n) is 4.58. The van der Waals surface area contributed by atoms with Crippen LogP contribution in [0.15, 0.2) is 12.1 Å². The molecule has 19 heavy (non-hydrogen) atoms. The summed E-state index contributed by atoms with van der Waals surface area (Å²) in [6, 6.07) is 3.96. The summed E-state index contributed by atoms with van der Waals surface area (Å²) in [6.07, 6.45) is 2.20. The van der Waals surface area contributed by atoms with Gasteiger partial charge >= 0.3 is 0 Å². The highest BCUT2D eigenvalue weighted by atomic mass is 35.5. The number of ether oxygens (including phenoxy) is 1. The first-order valence-electron chi connectivity index (χ1n) is 6.87. The van der Waals surface area contributed by atoms with E-state index in [-0.39, 0.29) is 6.04 Å². The summed E-state index contributed by atoms with van der Waals surface area (Å²) < 4.78 is 5.46. The van der Waals surface area contributed by atoms with Gasteiger partial charge in [-0.05, 0) is 31.5 Å². The van der Waals surface area contributed by atoms with Gasteiger partial charge in [-0.3, -0.25) is 0 Å². The highest BCUT2D eigenvalue weighted by Crippen LogP contribution is 2.37. The second-order valence-corrected chi connectivity index (χ2v) is 5.39. The Balaban J connectivity index is 3.14. The van der Waals surface area contributed by atoms with Gasteiger partial charge in [-0.2, -0.15) is 0 Å². The number of benzene rings is 1. The molecule has 2 nitrogen and oxygen atoms in total. The molecule has 0 fully saturated rings. The van der Waals surface area contributed by atoms with Crippen LogP contribution in [0.2, 0.25) is 10.0 Å². The van der Waals surface area contributed by atoms with Crippen LogP contribution in [0.1, 0.15) is 45.2 Å². The number of rotatable bonds is 7. The zero-order valence-electron chi connectivity index (χ0n) is 12.1. The predicted molar refractivity (Wildman–Crippen MR) is 83.5 cm³/mol. The van der Waals surface area contributed by atoms with E-state index in [0.29, 0.717) is 28.3 Å². The molecule has 0 aliphatic carbocycles. The zero-order chi connectivity index (χ0) is 14.4. The Morgan fingerprint density at radius 2 is 1.74 bits per heavy atom. The molecule has 1 unspecified atom stereocenters. The van der Waals surface area contributed by atoms with Gasteiger partial charge in [-0.1, -0.05) is 49.9 Å². The average Bonchev–Trinajstić information content (AvgIpc) is 2.40. The van der Waals surface area contributed by atoms with Crippen LogP contribution in [-0.2, 0) is 0 Å². The number of hydrogen-bond acceptors (Lipinski definition) is 2. The van der Waals surface area contributed by atoms with Gasteiger partial charge in [-0.25, -0.2) is 0 Å². The third kappa shape index (κ3) is 4.01. The number of halogens is 2. The largest absolute Gasteiger partial charge is 0.492 e. The molecule has 0 aliphatic rings. The van der Waals surface area contributed by atoms with E-state index in [1.54, 1.807) is 0 Å². The van der Waals surface area contributed by atoms with Crippen molar-refractivity contribution in [2.75, 3.05) is 13.7 Å².